The molecule has 1 aromatic heterocycles. The van der Waals surface area contributed by atoms with Gasteiger partial charge in [-0.3, -0.25) is 4.79 Å². The number of anilines is 1. The topological polar surface area (TPSA) is 85.8 Å². The first-order valence-corrected chi connectivity index (χ1v) is 6.09. The fraction of sp³-hybridized carbons (Fsp3) is 0.308. The first-order chi connectivity index (χ1) is 9.34. The Hall–Kier alpha value is -2.28. The third-order valence-electron chi connectivity index (χ3n) is 2.63. The van der Waals surface area contributed by atoms with Gasteiger partial charge in [-0.15, -0.1) is 5.10 Å². The maximum Gasteiger partial charge on any atom is 0.246 e. The van der Waals surface area contributed by atoms with E-state index >= 15 is 0 Å². The van der Waals surface area contributed by atoms with Crippen LogP contribution in [0.1, 0.15) is 19.5 Å². The van der Waals surface area contributed by atoms with E-state index < -0.39 is 5.54 Å². The van der Waals surface area contributed by atoms with Crippen molar-refractivity contribution in [3.63, 3.8) is 0 Å². The molecule has 2 rings (SSSR count). The summed E-state index contributed by atoms with van der Waals surface area (Å²) in [6, 6.07) is 5.53. The number of hydrogen-bond donors (Lipinski definition) is 2. The van der Waals surface area contributed by atoms with Gasteiger partial charge in [0, 0.05) is 5.69 Å². The Balaban J connectivity index is 1.98. The van der Waals surface area contributed by atoms with Crippen LogP contribution in [0.25, 0.3) is 0 Å². The molecule has 0 aliphatic carbocycles. The lowest BCUT2D eigenvalue weighted by molar-refractivity contribution is -0.116. The summed E-state index contributed by atoms with van der Waals surface area (Å²) < 4.78 is 14.1. The molecule has 1 aromatic carbocycles. The SMILES string of the molecule is CC(C)(N)c1cn(CC(=O)Nc2ccc(F)cc2)nn1. The number of nitrogens with zero attached hydrogens (tertiary/aromatic N) is 3. The molecule has 6 nitrogen and oxygen atoms in total. The van der Waals surface area contributed by atoms with Gasteiger partial charge in [0.15, 0.2) is 0 Å². The lowest BCUT2D eigenvalue weighted by atomic mass is 10.0. The van der Waals surface area contributed by atoms with E-state index in [9.17, 15) is 9.18 Å². The molecular weight excluding hydrogens is 261 g/mol. The Labute approximate surface area is 115 Å². The number of rotatable bonds is 4. The number of aromatic nitrogens is 3. The summed E-state index contributed by atoms with van der Waals surface area (Å²) in [6.07, 6.45) is 1.63. The third kappa shape index (κ3) is 3.61. The molecule has 0 saturated carbocycles. The standard InChI is InChI=1S/C13H16FN5O/c1-13(2,15)11-7-19(18-17-11)8-12(20)16-10-5-3-9(14)4-6-10/h3-7H,8,15H2,1-2H3,(H,16,20). The number of carbonyl (C=O) groups is 1. The zero-order valence-electron chi connectivity index (χ0n) is 11.3. The molecule has 7 heteroatoms. The Bertz CT molecular complexity index is 600. The maximum absolute atomic E-state index is 12.7. The molecule has 0 aliphatic heterocycles. The molecular formula is C13H16FN5O. The third-order valence-corrected chi connectivity index (χ3v) is 2.63. The van der Waals surface area contributed by atoms with Gasteiger partial charge in [0.25, 0.3) is 0 Å². The molecule has 106 valence electrons. The number of amides is 1. The molecule has 0 bridgehead atoms. The lowest BCUT2D eigenvalue weighted by Crippen LogP contribution is -2.29. The van der Waals surface area contributed by atoms with Crippen LogP contribution in [0, 0.1) is 5.82 Å². The second-order valence-corrected chi connectivity index (χ2v) is 5.08. The van der Waals surface area contributed by atoms with Gasteiger partial charge in [-0.25, -0.2) is 9.07 Å². The van der Waals surface area contributed by atoms with Gasteiger partial charge in [-0.05, 0) is 38.1 Å². The van der Waals surface area contributed by atoms with Gasteiger partial charge in [-0.1, -0.05) is 5.21 Å². The summed E-state index contributed by atoms with van der Waals surface area (Å²) in [4.78, 5) is 11.8. The lowest BCUT2D eigenvalue weighted by Gasteiger charge is -2.13. The molecule has 1 heterocycles. The van der Waals surface area contributed by atoms with Crippen LogP contribution in [0.3, 0.4) is 0 Å². The number of nitrogens with one attached hydrogen (secondary N) is 1. The molecule has 0 atom stereocenters. The van der Waals surface area contributed by atoms with Crippen molar-refractivity contribution >= 4 is 11.6 Å². The van der Waals surface area contributed by atoms with Crippen molar-refractivity contribution in [2.75, 3.05) is 5.32 Å². The van der Waals surface area contributed by atoms with E-state index in [-0.39, 0.29) is 18.3 Å². The molecule has 3 N–H and O–H groups in total. The number of hydrogen-bond acceptors (Lipinski definition) is 4. The highest BCUT2D eigenvalue weighted by Gasteiger charge is 2.18. The van der Waals surface area contributed by atoms with Crippen LogP contribution in [0.2, 0.25) is 0 Å². The van der Waals surface area contributed by atoms with Crippen molar-refractivity contribution in [2.24, 2.45) is 5.73 Å². The largest absolute Gasteiger partial charge is 0.324 e. The molecule has 0 spiro atoms. The second kappa shape index (κ2) is 5.38. The number of halogens is 1. The van der Waals surface area contributed by atoms with Crippen LogP contribution >= 0.6 is 0 Å². The minimum absolute atomic E-state index is 0.0143. The smallest absolute Gasteiger partial charge is 0.246 e. The van der Waals surface area contributed by atoms with Crippen LogP contribution in [-0.2, 0) is 16.9 Å². The minimum atomic E-state index is -0.605. The molecule has 0 radical (unpaired) electrons. The summed E-state index contributed by atoms with van der Waals surface area (Å²) in [6.45, 7) is 3.63. The molecule has 20 heavy (non-hydrogen) atoms. The van der Waals surface area contributed by atoms with Gasteiger partial charge >= 0.3 is 0 Å². The Kier molecular flexibility index (Phi) is 3.80. The molecule has 1 amide bonds. The quantitative estimate of drug-likeness (QED) is 0.880. The fourth-order valence-electron chi connectivity index (χ4n) is 1.55. The van der Waals surface area contributed by atoms with Crippen molar-refractivity contribution in [1.29, 1.82) is 0 Å². The van der Waals surface area contributed by atoms with Crippen molar-refractivity contribution < 1.29 is 9.18 Å². The molecule has 0 saturated heterocycles. The predicted octanol–water partition coefficient (Wildman–Crippen LogP) is 1.25. The van der Waals surface area contributed by atoms with E-state index in [1.54, 1.807) is 20.0 Å². The minimum Gasteiger partial charge on any atom is -0.324 e. The van der Waals surface area contributed by atoms with Gasteiger partial charge < -0.3 is 11.1 Å². The Morgan fingerprint density at radius 2 is 2.05 bits per heavy atom. The average molecular weight is 277 g/mol. The number of carbonyl (C=O) groups excluding carboxylic acids is 1. The summed E-state index contributed by atoms with van der Waals surface area (Å²) in [5, 5.41) is 10.4. The van der Waals surface area contributed by atoms with E-state index in [2.05, 4.69) is 15.6 Å². The molecule has 2 aromatic rings. The van der Waals surface area contributed by atoms with Crippen molar-refractivity contribution in [1.82, 2.24) is 15.0 Å². The monoisotopic (exact) mass is 277 g/mol. The normalized spacial score (nSPS) is 11.4. The van der Waals surface area contributed by atoms with Gasteiger partial charge in [0.05, 0.1) is 11.7 Å². The van der Waals surface area contributed by atoms with Crippen LogP contribution in [0.4, 0.5) is 10.1 Å². The van der Waals surface area contributed by atoms with Crippen molar-refractivity contribution in [2.45, 2.75) is 25.9 Å². The van der Waals surface area contributed by atoms with E-state index in [0.717, 1.165) is 0 Å². The average Bonchev–Trinajstić information content (AvgIpc) is 2.80. The summed E-state index contributed by atoms with van der Waals surface area (Å²) >= 11 is 0. The molecule has 0 unspecified atom stereocenters. The highest BCUT2D eigenvalue weighted by molar-refractivity contribution is 5.90. The van der Waals surface area contributed by atoms with Crippen molar-refractivity contribution in [3.05, 3.63) is 42.0 Å². The van der Waals surface area contributed by atoms with Gasteiger partial charge in [0.1, 0.15) is 18.1 Å². The first kappa shape index (κ1) is 14.1. The number of nitrogens with two attached hydrogens (primary N) is 1. The highest BCUT2D eigenvalue weighted by atomic mass is 19.1. The van der Waals surface area contributed by atoms with Crippen molar-refractivity contribution in [3.8, 4) is 0 Å². The van der Waals surface area contributed by atoms with Crippen LogP contribution < -0.4 is 11.1 Å². The first-order valence-electron chi connectivity index (χ1n) is 6.09. The van der Waals surface area contributed by atoms with Gasteiger partial charge in [0.2, 0.25) is 5.91 Å². The van der Waals surface area contributed by atoms with E-state index in [4.69, 9.17) is 5.73 Å². The van der Waals surface area contributed by atoms with E-state index in [0.29, 0.717) is 11.4 Å². The van der Waals surface area contributed by atoms with Gasteiger partial charge in [-0.2, -0.15) is 0 Å². The van der Waals surface area contributed by atoms with Crippen LogP contribution in [0.15, 0.2) is 30.5 Å². The molecule has 0 aliphatic rings. The fourth-order valence-corrected chi connectivity index (χ4v) is 1.55. The predicted molar refractivity (Wildman–Crippen MR) is 72.3 cm³/mol. The summed E-state index contributed by atoms with van der Waals surface area (Å²) in [7, 11) is 0. The van der Waals surface area contributed by atoms with E-state index in [1.165, 1.54) is 28.9 Å². The zero-order valence-corrected chi connectivity index (χ0v) is 11.3. The summed E-state index contributed by atoms with van der Waals surface area (Å²) in [5.74, 6) is -0.628. The second-order valence-electron chi connectivity index (χ2n) is 5.08. The molecule has 0 fully saturated rings. The van der Waals surface area contributed by atoms with E-state index in [1.807, 2.05) is 0 Å². The number of benzene rings is 1. The Morgan fingerprint density at radius 3 is 2.60 bits per heavy atom. The maximum atomic E-state index is 12.7. The summed E-state index contributed by atoms with van der Waals surface area (Å²) in [5.41, 5.74) is 6.41. The zero-order chi connectivity index (χ0) is 14.8. The van der Waals surface area contributed by atoms with Crippen LogP contribution in [0.5, 0.6) is 0 Å². The van der Waals surface area contributed by atoms with Crippen LogP contribution in [-0.4, -0.2) is 20.9 Å². The Morgan fingerprint density at radius 1 is 1.40 bits per heavy atom. The highest BCUT2D eigenvalue weighted by Crippen LogP contribution is 2.12.